The molecule has 0 spiro atoms. The molecule has 0 fully saturated rings. The van der Waals surface area contributed by atoms with Crippen LogP contribution in [-0.4, -0.2) is 57.4 Å². The van der Waals surface area contributed by atoms with Crippen molar-refractivity contribution in [3.63, 3.8) is 0 Å². The highest BCUT2D eigenvalue weighted by atomic mass is 35.5. The monoisotopic (exact) mass is 526 g/mol. The van der Waals surface area contributed by atoms with Crippen molar-refractivity contribution in [2.45, 2.75) is 57.0 Å². The lowest BCUT2D eigenvalue weighted by Gasteiger charge is -2.24. The molecule has 11 heteroatoms. The molecule has 2 amide bonds. The van der Waals surface area contributed by atoms with Crippen molar-refractivity contribution in [2.24, 2.45) is 7.05 Å². The van der Waals surface area contributed by atoms with Gasteiger partial charge in [-0.1, -0.05) is 41.4 Å². The molecule has 35 heavy (non-hydrogen) atoms. The minimum absolute atomic E-state index is 0.0313. The zero-order chi connectivity index (χ0) is 26.8. The fourth-order valence-electron chi connectivity index (χ4n) is 3.01. The Bertz CT molecular complexity index is 1020. The molecule has 0 saturated heterocycles. The van der Waals surface area contributed by atoms with Gasteiger partial charge in [-0.25, -0.2) is 4.79 Å². The maximum absolute atomic E-state index is 12.1. The molecule has 1 aromatic heterocycles. The highest BCUT2D eigenvalue weighted by Crippen LogP contribution is 2.18. The predicted octanol–water partition coefficient (Wildman–Crippen LogP) is 3.22. The van der Waals surface area contributed by atoms with Gasteiger partial charge in [0, 0.05) is 30.6 Å². The van der Waals surface area contributed by atoms with Gasteiger partial charge in [0.1, 0.15) is 11.6 Å². The van der Waals surface area contributed by atoms with Gasteiger partial charge in [0.2, 0.25) is 5.91 Å². The molecule has 0 aliphatic rings. The van der Waals surface area contributed by atoms with Gasteiger partial charge < -0.3 is 25.3 Å². The maximum Gasteiger partial charge on any atom is 0.329 e. The number of rotatable bonds is 9. The number of ether oxygens (including phenoxy) is 1. The zero-order valence-corrected chi connectivity index (χ0v) is 22.0. The van der Waals surface area contributed by atoms with Crippen molar-refractivity contribution in [1.29, 1.82) is 5.41 Å². The first-order valence-corrected chi connectivity index (χ1v) is 11.7. The number of esters is 1. The van der Waals surface area contributed by atoms with Crippen LogP contribution in [0.4, 0.5) is 0 Å². The Kier molecular flexibility index (Phi) is 11.9. The van der Waals surface area contributed by atoms with Gasteiger partial charge in [-0.2, -0.15) is 0 Å². The predicted molar refractivity (Wildman–Crippen MR) is 137 cm³/mol. The third kappa shape index (κ3) is 10.9. The third-order valence-electron chi connectivity index (χ3n) is 4.58. The van der Waals surface area contributed by atoms with E-state index >= 15 is 0 Å². The second kappa shape index (κ2) is 13.8. The summed E-state index contributed by atoms with van der Waals surface area (Å²) in [6.07, 6.45) is 2.65. The smallest absolute Gasteiger partial charge is 0.329 e. The number of alkyl halides is 2. The molecule has 1 aromatic carbocycles. The number of halogens is 2. The van der Waals surface area contributed by atoms with Gasteiger partial charge in [-0.05, 0) is 45.7 Å². The number of benzene rings is 1. The highest BCUT2D eigenvalue weighted by Gasteiger charge is 2.27. The Hall–Kier alpha value is -2.91. The minimum atomic E-state index is -1.32. The number of ketones is 1. The van der Waals surface area contributed by atoms with Gasteiger partial charge in [-0.3, -0.25) is 14.4 Å². The number of Topliss-reactive ketones (excluding diaryl/α,β-unsaturated/α-hetero) is 1. The van der Waals surface area contributed by atoms with Crippen LogP contribution in [0.3, 0.4) is 0 Å². The summed E-state index contributed by atoms with van der Waals surface area (Å²) in [6.45, 7) is 6.68. The van der Waals surface area contributed by atoms with Crippen molar-refractivity contribution in [3.8, 4) is 0 Å². The number of nitrogens with zero attached hydrogens (tertiary/aromatic N) is 1. The Morgan fingerprint density at radius 3 is 2.34 bits per heavy atom. The summed E-state index contributed by atoms with van der Waals surface area (Å²) in [7, 11) is 2.08. The molecular formula is C24H32Cl2N4O5. The summed E-state index contributed by atoms with van der Waals surface area (Å²) < 4.78 is 7.34. The minimum Gasteiger partial charge on any atom is -0.458 e. The number of hydrogen-bond donors (Lipinski definition) is 3. The molecule has 1 atom stereocenters. The molecule has 1 unspecified atom stereocenters. The largest absolute Gasteiger partial charge is 0.458 e. The molecule has 9 nitrogen and oxygen atoms in total. The first-order chi connectivity index (χ1) is 16.2. The maximum atomic E-state index is 12.1. The van der Waals surface area contributed by atoms with Crippen LogP contribution in [0.5, 0.6) is 0 Å². The molecular weight excluding hydrogens is 495 g/mol. The lowest BCUT2D eigenvalue weighted by Crippen LogP contribution is -2.48. The molecule has 3 N–H and O–H groups in total. The average Bonchev–Trinajstić information content (AvgIpc) is 3.07. The van der Waals surface area contributed by atoms with Crippen LogP contribution in [0, 0.1) is 12.3 Å². The van der Waals surface area contributed by atoms with Crippen LogP contribution in [0.2, 0.25) is 0 Å². The number of fused-ring (bicyclic) bond motifs is 1. The summed E-state index contributed by atoms with van der Waals surface area (Å²) in [4.78, 5) is 45.0. The fraction of sp³-hybridized carbons (Fsp3) is 0.458. The summed E-state index contributed by atoms with van der Waals surface area (Å²) >= 11 is 10.7. The summed E-state index contributed by atoms with van der Waals surface area (Å²) in [5.74, 6) is -2.62. The van der Waals surface area contributed by atoms with Gasteiger partial charge >= 0.3 is 5.97 Å². The van der Waals surface area contributed by atoms with Crippen molar-refractivity contribution in [2.75, 3.05) is 6.54 Å². The SMILES string of the molecule is CC(C)(C)OC(=O)C(CCC(=O)C=N)NC(=O)CNC(=O)C(Cl)Cl.Cc1cn(C)c2ccccc12. The van der Waals surface area contributed by atoms with E-state index in [4.69, 9.17) is 33.3 Å². The second-order valence-electron chi connectivity index (χ2n) is 8.76. The van der Waals surface area contributed by atoms with E-state index in [9.17, 15) is 19.2 Å². The van der Waals surface area contributed by atoms with E-state index in [1.54, 1.807) is 20.8 Å². The van der Waals surface area contributed by atoms with Crippen LogP contribution >= 0.6 is 23.2 Å². The number of carbonyl (C=O) groups excluding carboxylic acids is 4. The number of carbonyl (C=O) groups is 4. The molecule has 1 heterocycles. The van der Waals surface area contributed by atoms with Gasteiger partial charge in [0.25, 0.3) is 5.91 Å². The lowest BCUT2D eigenvalue weighted by molar-refractivity contribution is -0.158. The van der Waals surface area contributed by atoms with Crippen LogP contribution in [0.15, 0.2) is 30.5 Å². The third-order valence-corrected chi connectivity index (χ3v) is 4.98. The number of aromatic nitrogens is 1. The van der Waals surface area contributed by atoms with E-state index in [1.807, 2.05) is 0 Å². The van der Waals surface area contributed by atoms with Crippen LogP contribution in [0.1, 0.15) is 39.2 Å². The molecule has 2 rings (SSSR count). The zero-order valence-electron chi connectivity index (χ0n) is 20.5. The Labute approximate surface area is 215 Å². The second-order valence-corrected chi connectivity index (χ2v) is 9.86. The molecule has 192 valence electrons. The number of hydrogen-bond acceptors (Lipinski definition) is 6. The molecule has 0 aliphatic carbocycles. The van der Waals surface area contributed by atoms with Gasteiger partial charge in [0.05, 0.1) is 12.8 Å². The molecule has 2 aromatic rings. The van der Waals surface area contributed by atoms with Crippen LogP contribution < -0.4 is 10.6 Å². The lowest BCUT2D eigenvalue weighted by atomic mass is 10.1. The Morgan fingerprint density at radius 2 is 1.80 bits per heavy atom. The van der Waals surface area contributed by atoms with Crippen LogP contribution in [0.25, 0.3) is 10.9 Å². The Balaban J connectivity index is 0.000000453. The normalized spacial score (nSPS) is 11.8. The van der Waals surface area contributed by atoms with E-state index in [0.717, 1.165) is 0 Å². The van der Waals surface area contributed by atoms with Gasteiger partial charge in [0.15, 0.2) is 10.6 Å². The van der Waals surface area contributed by atoms with Crippen molar-refractivity contribution in [1.82, 2.24) is 15.2 Å². The number of para-hydroxylation sites is 1. The first-order valence-electron chi connectivity index (χ1n) is 10.9. The number of aryl methyl sites for hydroxylation is 2. The van der Waals surface area contributed by atoms with E-state index in [-0.39, 0.29) is 12.8 Å². The molecule has 0 aliphatic heterocycles. The number of amides is 2. The Morgan fingerprint density at radius 1 is 1.17 bits per heavy atom. The quantitative estimate of drug-likeness (QED) is 0.262. The van der Waals surface area contributed by atoms with E-state index in [1.165, 1.54) is 16.5 Å². The first kappa shape index (κ1) is 30.1. The van der Waals surface area contributed by atoms with Crippen molar-refractivity contribution < 1.29 is 23.9 Å². The number of nitrogens with one attached hydrogen (secondary N) is 3. The average molecular weight is 527 g/mol. The van der Waals surface area contributed by atoms with E-state index in [2.05, 4.69) is 59.6 Å². The van der Waals surface area contributed by atoms with Crippen molar-refractivity contribution >= 4 is 63.9 Å². The standard InChI is InChI=1S/C14H21Cl2N3O5.C10H11N/c1-14(2,3)24-13(23)9(5-4-8(20)6-17)19-10(21)7-18-12(22)11(15)16;1-8-7-11(2)10-6-4-3-5-9(8)10/h6,9,11,17H,4-5,7H2,1-3H3,(H,18,22)(H,19,21);3-7H,1-2H3. The summed E-state index contributed by atoms with van der Waals surface area (Å²) in [5, 5.41) is 12.8. The fourth-order valence-corrected chi connectivity index (χ4v) is 3.17. The highest BCUT2D eigenvalue weighted by molar-refractivity contribution is 6.53. The molecule has 0 saturated carbocycles. The van der Waals surface area contributed by atoms with E-state index < -0.39 is 46.6 Å². The molecule has 0 radical (unpaired) electrons. The van der Waals surface area contributed by atoms with E-state index in [0.29, 0.717) is 6.21 Å². The van der Waals surface area contributed by atoms with Crippen molar-refractivity contribution in [3.05, 3.63) is 36.0 Å². The van der Waals surface area contributed by atoms with Crippen LogP contribution in [-0.2, 0) is 31.0 Å². The molecule has 0 bridgehead atoms. The summed E-state index contributed by atoms with van der Waals surface area (Å²) in [6, 6.07) is 7.37. The summed E-state index contributed by atoms with van der Waals surface area (Å²) in [5.41, 5.74) is 1.89. The topological polar surface area (TPSA) is 130 Å². The van der Waals surface area contributed by atoms with Gasteiger partial charge in [-0.15, -0.1) is 0 Å².